The topological polar surface area (TPSA) is 100 Å². The summed E-state index contributed by atoms with van der Waals surface area (Å²) in [6, 6.07) is 1.95. The van der Waals surface area contributed by atoms with Crippen LogP contribution in [0, 0.1) is 11.7 Å². The van der Waals surface area contributed by atoms with Crippen molar-refractivity contribution in [3.05, 3.63) is 29.8 Å². The fourth-order valence-electron chi connectivity index (χ4n) is 3.14. The first-order chi connectivity index (χ1) is 10.5. The molecule has 116 valence electrons. The van der Waals surface area contributed by atoms with Crippen LogP contribution in [0.2, 0.25) is 0 Å². The molecule has 1 saturated carbocycles. The summed E-state index contributed by atoms with van der Waals surface area (Å²) in [7, 11) is 0. The van der Waals surface area contributed by atoms with Gasteiger partial charge in [-0.1, -0.05) is 6.42 Å². The number of nitrogens with one attached hydrogen (secondary N) is 3. The van der Waals surface area contributed by atoms with E-state index in [2.05, 4.69) is 20.9 Å². The predicted molar refractivity (Wildman–Crippen MR) is 73.3 cm³/mol. The molecular formula is C14H15FN4O3. The van der Waals surface area contributed by atoms with Crippen LogP contribution in [-0.4, -0.2) is 34.9 Å². The highest BCUT2D eigenvalue weighted by Gasteiger charge is 2.54. The fraction of sp³-hybridized carbons (Fsp3) is 0.429. The molecule has 3 rings (SSSR count). The summed E-state index contributed by atoms with van der Waals surface area (Å²) in [5.74, 6) is -1.47. The Hall–Kier alpha value is -2.51. The third kappa shape index (κ3) is 2.40. The van der Waals surface area contributed by atoms with Gasteiger partial charge in [-0.05, 0) is 25.0 Å². The summed E-state index contributed by atoms with van der Waals surface area (Å²) in [5, 5.41) is 7.63. The zero-order valence-corrected chi connectivity index (χ0v) is 11.7. The molecule has 1 aromatic rings. The first-order valence-electron chi connectivity index (χ1n) is 7.04. The Labute approximate surface area is 125 Å². The van der Waals surface area contributed by atoms with Gasteiger partial charge in [0.05, 0.1) is 6.20 Å². The Morgan fingerprint density at radius 1 is 1.45 bits per heavy atom. The van der Waals surface area contributed by atoms with Gasteiger partial charge in [0, 0.05) is 12.5 Å². The molecule has 8 heteroatoms. The van der Waals surface area contributed by atoms with Crippen LogP contribution in [0.4, 0.5) is 9.18 Å². The molecule has 22 heavy (non-hydrogen) atoms. The van der Waals surface area contributed by atoms with Gasteiger partial charge in [-0.3, -0.25) is 14.9 Å². The van der Waals surface area contributed by atoms with Crippen LogP contribution in [0.3, 0.4) is 0 Å². The van der Waals surface area contributed by atoms with Crippen LogP contribution in [0.5, 0.6) is 0 Å². The highest BCUT2D eigenvalue weighted by atomic mass is 19.1. The Balaban J connectivity index is 1.66. The number of rotatable bonds is 3. The van der Waals surface area contributed by atoms with Gasteiger partial charge in [-0.25, -0.2) is 14.2 Å². The molecule has 2 heterocycles. The molecule has 4 amide bonds. The molecule has 2 fully saturated rings. The molecule has 0 unspecified atom stereocenters. The number of nitrogens with zero attached hydrogens (tertiary/aromatic N) is 1. The van der Waals surface area contributed by atoms with E-state index >= 15 is 0 Å². The van der Waals surface area contributed by atoms with E-state index < -0.39 is 23.3 Å². The monoisotopic (exact) mass is 306 g/mol. The number of urea groups is 1. The third-order valence-corrected chi connectivity index (χ3v) is 4.26. The average Bonchev–Trinajstić information content (AvgIpc) is 3.01. The van der Waals surface area contributed by atoms with E-state index in [-0.39, 0.29) is 24.1 Å². The van der Waals surface area contributed by atoms with Gasteiger partial charge in [0.1, 0.15) is 17.1 Å². The molecule has 0 bridgehead atoms. The molecule has 1 saturated heterocycles. The first kappa shape index (κ1) is 14.4. The predicted octanol–water partition coefficient (Wildman–Crippen LogP) is 0.329. The Kier molecular flexibility index (Phi) is 3.51. The number of carbonyl (C=O) groups is 3. The molecule has 0 radical (unpaired) electrons. The van der Waals surface area contributed by atoms with Crippen LogP contribution in [0.1, 0.15) is 29.8 Å². The van der Waals surface area contributed by atoms with Gasteiger partial charge in [-0.15, -0.1) is 0 Å². The lowest BCUT2D eigenvalue weighted by Gasteiger charge is -2.28. The smallest absolute Gasteiger partial charge is 0.322 e. The molecule has 2 atom stereocenters. The minimum Gasteiger partial charge on any atom is -0.350 e. The Morgan fingerprint density at radius 3 is 2.91 bits per heavy atom. The normalized spacial score (nSPS) is 26.9. The van der Waals surface area contributed by atoms with Crippen molar-refractivity contribution in [3.63, 3.8) is 0 Å². The molecule has 0 aromatic carbocycles. The second-order valence-electron chi connectivity index (χ2n) is 5.54. The number of imide groups is 1. The van der Waals surface area contributed by atoms with Crippen molar-refractivity contribution in [2.24, 2.45) is 5.92 Å². The van der Waals surface area contributed by atoms with E-state index in [1.807, 2.05) is 0 Å². The highest BCUT2D eigenvalue weighted by molar-refractivity contribution is 6.07. The van der Waals surface area contributed by atoms with Crippen molar-refractivity contribution in [2.75, 3.05) is 6.54 Å². The number of aromatic nitrogens is 1. The molecule has 7 nitrogen and oxygen atoms in total. The number of carbonyl (C=O) groups excluding carboxylic acids is 3. The molecule has 1 aromatic heterocycles. The lowest BCUT2D eigenvalue weighted by atomic mass is 9.87. The number of pyridine rings is 1. The number of amides is 4. The second kappa shape index (κ2) is 5.36. The second-order valence-corrected chi connectivity index (χ2v) is 5.54. The summed E-state index contributed by atoms with van der Waals surface area (Å²) >= 11 is 0. The maximum Gasteiger partial charge on any atom is 0.322 e. The van der Waals surface area contributed by atoms with Crippen LogP contribution in [0.25, 0.3) is 0 Å². The summed E-state index contributed by atoms with van der Waals surface area (Å²) in [4.78, 5) is 39.1. The van der Waals surface area contributed by atoms with Gasteiger partial charge in [0.15, 0.2) is 0 Å². The quantitative estimate of drug-likeness (QED) is 0.701. The molecular weight excluding hydrogens is 291 g/mol. The minimum absolute atomic E-state index is 0.105. The molecule has 1 aliphatic heterocycles. The Morgan fingerprint density at radius 2 is 2.27 bits per heavy atom. The summed E-state index contributed by atoms with van der Waals surface area (Å²) < 4.78 is 12.8. The minimum atomic E-state index is -0.930. The third-order valence-electron chi connectivity index (χ3n) is 4.26. The summed E-state index contributed by atoms with van der Waals surface area (Å²) in [6.07, 6.45) is 3.05. The van der Waals surface area contributed by atoms with Gasteiger partial charge in [0.25, 0.3) is 11.8 Å². The maximum absolute atomic E-state index is 12.8. The maximum atomic E-state index is 12.8. The molecule has 1 spiro atoms. The van der Waals surface area contributed by atoms with E-state index in [0.717, 1.165) is 25.1 Å². The van der Waals surface area contributed by atoms with Crippen molar-refractivity contribution >= 4 is 17.8 Å². The average molecular weight is 306 g/mol. The van der Waals surface area contributed by atoms with Crippen molar-refractivity contribution in [2.45, 2.75) is 24.8 Å². The lowest BCUT2D eigenvalue weighted by Crippen LogP contribution is -2.53. The van der Waals surface area contributed by atoms with Gasteiger partial charge < -0.3 is 10.6 Å². The summed E-state index contributed by atoms with van der Waals surface area (Å²) in [6.45, 7) is 0.242. The fourth-order valence-corrected chi connectivity index (χ4v) is 3.14. The molecule has 1 aliphatic carbocycles. The number of hydrogen-bond donors (Lipinski definition) is 3. The van der Waals surface area contributed by atoms with Crippen molar-refractivity contribution in [1.82, 2.24) is 20.9 Å². The van der Waals surface area contributed by atoms with E-state index in [1.54, 1.807) is 0 Å². The van der Waals surface area contributed by atoms with Crippen molar-refractivity contribution in [3.8, 4) is 0 Å². The lowest BCUT2D eigenvalue weighted by molar-refractivity contribution is -0.125. The van der Waals surface area contributed by atoms with Crippen LogP contribution in [0.15, 0.2) is 18.3 Å². The van der Waals surface area contributed by atoms with Gasteiger partial charge in [0.2, 0.25) is 0 Å². The largest absolute Gasteiger partial charge is 0.350 e. The zero-order valence-electron chi connectivity index (χ0n) is 11.7. The molecule has 3 N–H and O–H groups in total. The van der Waals surface area contributed by atoms with Crippen LogP contribution >= 0.6 is 0 Å². The van der Waals surface area contributed by atoms with Crippen LogP contribution < -0.4 is 16.0 Å². The van der Waals surface area contributed by atoms with Crippen LogP contribution in [-0.2, 0) is 4.79 Å². The molecule has 2 aliphatic rings. The first-order valence-corrected chi connectivity index (χ1v) is 7.04. The summed E-state index contributed by atoms with van der Waals surface area (Å²) in [5.41, 5.74) is -0.825. The SMILES string of the molecule is O=C1NC(=O)[C@]2(CCC[C@H]2CNC(=O)c2ccc(F)cn2)N1. The van der Waals surface area contributed by atoms with Crippen molar-refractivity contribution in [1.29, 1.82) is 0 Å². The van der Waals surface area contributed by atoms with E-state index in [4.69, 9.17) is 0 Å². The van der Waals surface area contributed by atoms with Gasteiger partial charge in [-0.2, -0.15) is 0 Å². The van der Waals surface area contributed by atoms with E-state index in [1.165, 1.54) is 6.07 Å². The standard InChI is InChI=1S/C14H15FN4O3/c15-9-3-4-10(16-7-9)11(20)17-6-8-2-1-5-14(8)12(21)18-13(22)19-14/h3-4,7-8H,1-2,5-6H2,(H,17,20)(H2,18,19,21,22)/t8-,14+/m0/s1. The van der Waals surface area contributed by atoms with E-state index in [0.29, 0.717) is 6.42 Å². The Bertz CT molecular complexity index is 633. The number of halogens is 1. The van der Waals surface area contributed by atoms with Gasteiger partial charge >= 0.3 is 6.03 Å². The van der Waals surface area contributed by atoms with E-state index in [9.17, 15) is 18.8 Å². The zero-order chi connectivity index (χ0) is 15.7. The number of hydrogen-bond acceptors (Lipinski definition) is 4. The highest BCUT2D eigenvalue weighted by Crippen LogP contribution is 2.37. The van der Waals surface area contributed by atoms with Crippen molar-refractivity contribution < 1.29 is 18.8 Å².